The van der Waals surface area contributed by atoms with Gasteiger partial charge >= 0.3 is 0 Å². The van der Waals surface area contributed by atoms with Crippen LogP contribution in [0.3, 0.4) is 0 Å². The minimum Gasteiger partial charge on any atom is -0.477 e. The first kappa shape index (κ1) is 24.0. The van der Waals surface area contributed by atoms with Crippen LogP contribution in [-0.4, -0.2) is 34.4 Å². The van der Waals surface area contributed by atoms with Crippen molar-refractivity contribution in [3.8, 4) is 5.75 Å². The smallest absolute Gasteiger partial charge is 0.263 e. The van der Waals surface area contributed by atoms with Crippen molar-refractivity contribution < 1.29 is 14.3 Å². The normalized spacial score (nSPS) is 14.3. The van der Waals surface area contributed by atoms with Gasteiger partial charge in [0.2, 0.25) is 5.95 Å². The fraction of sp³-hybridized carbons (Fsp3) is 0.172. The summed E-state index contributed by atoms with van der Waals surface area (Å²) in [6.45, 7) is 4.28. The Kier molecular flexibility index (Phi) is 6.81. The summed E-state index contributed by atoms with van der Waals surface area (Å²) in [5, 5.41) is 6.10. The third-order valence-electron chi connectivity index (χ3n) is 5.97. The lowest BCUT2D eigenvalue weighted by molar-refractivity contribution is -0.127. The molecule has 0 spiro atoms. The van der Waals surface area contributed by atoms with Crippen molar-refractivity contribution in [1.29, 1.82) is 0 Å². The Balaban J connectivity index is 1.36. The van der Waals surface area contributed by atoms with Crippen LogP contribution in [0.1, 0.15) is 27.3 Å². The van der Waals surface area contributed by atoms with Gasteiger partial charge < -0.3 is 20.3 Å². The van der Waals surface area contributed by atoms with Crippen molar-refractivity contribution in [2.24, 2.45) is 0 Å². The van der Waals surface area contributed by atoms with Crippen LogP contribution < -0.4 is 20.3 Å². The minimum absolute atomic E-state index is 0.0916. The first-order valence-electron chi connectivity index (χ1n) is 12.0. The van der Waals surface area contributed by atoms with Crippen molar-refractivity contribution >= 4 is 29.1 Å². The molecule has 0 aliphatic carbocycles. The Bertz CT molecular complexity index is 1420. The second-order valence-corrected chi connectivity index (χ2v) is 8.87. The van der Waals surface area contributed by atoms with E-state index >= 15 is 0 Å². The first-order valence-corrected chi connectivity index (χ1v) is 12.0. The standard InChI is InChI=1S/C29H27N5O3/c1-19-15-20(2)32-29(31-19)33-23-12-8-11-22(16-23)28(36)34-18-26(37-25-14-7-6-13-24(25)34)27(35)30-17-21-9-4-3-5-10-21/h3-16,26H,17-18H2,1-2H3,(H,30,35)(H,31,32,33). The van der Waals surface area contributed by atoms with E-state index in [0.717, 1.165) is 17.0 Å². The highest BCUT2D eigenvalue weighted by molar-refractivity contribution is 6.08. The average Bonchev–Trinajstić information content (AvgIpc) is 2.91. The van der Waals surface area contributed by atoms with E-state index in [-0.39, 0.29) is 18.4 Å². The van der Waals surface area contributed by atoms with Gasteiger partial charge in [-0.15, -0.1) is 0 Å². The molecule has 1 aliphatic heterocycles. The maximum absolute atomic E-state index is 13.7. The van der Waals surface area contributed by atoms with Gasteiger partial charge in [0.05, 0.1) is 12.2 Å². The Morgan fingerprint density at radius 2 is 1.65 bits per heavy atom. The van der Waals surface area contributed by atoms with Crippen LogP contribution in [0.2, 0.25) is 0 Å². The molecule has 4 aromatic rings. The number of hydrogen-bond acceptors (Lipinski definition) is 6. The van der Waals surface area contributed by atoms with Crippen molar-refractivity contribution in [2.75, 3.05) is 16.8 Å². The van der Waals surface area contributed by atoms with Gasteiger partial charge in [-0.1, -0.05) is 48.5 Å². The van der Waals surface area contributed by atoms with Gasteiger partial charge in [0.25, 0.3) is 11.8 Å². The van der Waals surface area contributed by atoms with Gasteiger partial charge in [0, 0.05) is 29.2 Å². The summed E-state index contributed by atoms with van der Waals surface area (Å²) in [6.07, 6.45) is -0.840. The van der Waals surface area contributed by atoms with E-state index in [1.807, 2.05) is 74.5 Å². The number of nitrogens with zero attached hydrogens (tertiary/aromatic N) is 3. The molecule has 2 heterocycles. The van der Waals surface area contributed by atoms with Gasteiger partial charge in [-0.3, -0.25) is 9.59 Å². The summed E-state index contributed by atoms with van der Waals surface area (Å²) in [4.78, 5) is 37.1. The largest absolute Gasteiger partial charge is 0.477 e. The lowest BCUT2D eigenvalue weighted by atomic mass is 10.1. The number of para-hydroxylation sites is 2. The van der Waals surface area contributed by atoms with E-state index in [4.69, 9.17) is 4.74 Å². The van der Waals surface area contributed by atoms with Crippen molar-refractivity contribution in [1.82, 2.24) is 15.3 Å². The van der Waals surface area contributed by atoms with E-state index in [1.165, 1.54) is 0 Å². The zero-order valence-electron chi connectivity index (χ0n) is 20.6. The third-order valence-corrected chi connectivity index (χ3v) is 5.97. The number of aryl methyl sites for hydroxylation is 2. The number of ether oxygens (including phenoxy) is 1. The van der Waals surface area contributed by atoms with Crippen molar-refractivity contribution in [3.63, 3.8) is 0 Å². The number of carbonyl (C=O) groups is 2. The van der Waals surface area contributed by atoms with Gasteiger partial charge in [0.15, 0.2) is 6.10 Å². The number of rotatable bonds is 6. The Labute approximate surface area is 215 Å². The second kappa shape index (κ2) is 10.5. The van der Waals surface area contributed by atoms with Crippen LogP contribution >= 0.6 is 0 Å². The quantitative estimate of drug-likeness (QED) is 0.409. The third kappa shape index (κ3) is 5.59. The topological polar surface area (TPSA) is 96.5 Å². The van der Waals surface area contributed by atoms with Gasteiger partial charge in [-0.05, 0) is 55.8 Å². The minimum atomic E-state index is -0.840. The van der Waals surface area contributed by atoms with Gasteiger partial charge in [-0.25, -0.2) is 9.97 Å². The summed E-state index contributed by atoms with van der Waals surface area (Å²) in [7, 11) is 0. The molecule has 2 amide bonds. The fourth-order valence-corrected chi connectivity index (χ4v) is 4.26. The number of amides is 2. The Morgan fingerprint density at radius 3 is 2.43 bits per heavy atom. The van der Waals surface area contributed by atoms with Crippen molar-refractivity contribution in [2.45, 2.75) is 26.5 Å². The predicted octanol–water partition coefficient (Wildman–Crippen LogP) is 4.56. The number of anilines is 3. The maximum Gasteiger partial charge on any atom is 0.263 e. The van der Waals surface area contributed by atoms with Gasteiger partial charge in [0.1, 0.15) is 5.75 Å². The number of nitrogens with one attached hydrogen (secondary N) is 2. The highest BCUT2D eigenvalue weighted by Gasteiger charge is 2.34. The molecular weight excluding hydrogens is 466 g/mol. The molecule has 0 radical (unpaired) electrons. The van der Waals surface area contributed by atoms with Crippen LogP contribution in [0.5, 0.6) is 5.75 Å². The molecule has 1 aromatic heterocycles. The van der Waals surface area contributed by atoms with Gasteiger partial charge in [-0.2, -0.15) is 0 Å². The molecule has 186 valence electrons. The number of hydrogen-bond donors (Lipinski definition) is 2. The van der Waals surface area contributed by atoms with Crippen LogP contribution in [-0.2, 0) is 11.3 Å². The lowest BCUT2D eigenvalue weighted by Gasteiger charge is -2.34. The highest BCUT2D eigenvalue weighted by atomic mass is 16.5. The SMILES string of the molecule is Cc1cc(C)nc(Nc2cccc(C(=O)N3CC(C(=O)NCc4ccccc4)Oc4ccccc43)c2)n1. The monoisotopic (exact) mass is 493 g/mol. The van der Waals surface area contributed by atoms with E-state index < -0.39 is 6.10 Å². The molecule has 2 N–H and O–H groups in total. The van der Waals surface area contributed by atoms with Crippen LogP contribution in [0.4, 0.5) is 17.3 Å². The van der Waals surface area contributed by atoms with Crippen LogP contribution in [0, 0.1) is 13.8 Å². The number of carbonyl (C=O) groups excluding carboxylic acids is 2. The lowest BCUT2D eigenvalue weighted by Crippen LogP contribution is -2.50. The molecule has 3 aromatic carbocycles. The molecule has 1 atom stereocenters. The zero-order valence-corrected chi connectivity index (χ0v) is 20.6. The summed E-state index contributed by atoms with van der Waals surface area (Å²) in [6, 6.07) is 25.9. The number of benzene rings is 3. The van der Waals surface area contributed by atoms with E-state index in [0.29, 0.717) is 35.2 Å². The van der Waals surface area contributed by atoms with Crippen LogP contribution in [0.15, 0.2) is 84.9 Å². The molecule has 5 rings (SSSR count). The van der Waals surface area contributed by atoms with E-state index in [2.05, 4.69) is 20.6 Å². The number of fused-ring (bicyclic) bond motifs is 1. The molecule has 8 nitrogen and oxygen atoms in total. The number of aromatic nitrogens is 2. The molecule has 1 aliphatic rings. The van der Waals surface area contributed by atoms with Crippen molar-refractivity contribution in [3.05, 3.63) is 107 Å². The first-order chi connectivity index (χ1) is 18.0. The van der Waals surface area contributed by atoms with E-state index in [1.54, 1.807) is 29.2 Å². The molecular formula is C29H27N5O3. The fourth-order valence-electron chi connectivity index (χ4n) is 4.26. The summed E-state index contributed by atoms with van der Waals surface area (Å²) < 4.78 is 5.99. The molecule has 8 heteroatoms. The average molecular weight is 494 g/mol. The van der Waals surface area contributed by atoms with Crippen LogP contribution in [0.25, 0.3) is 0 Å². The Morgan fingerprint density at radius 1 is 0.919 bits per heavy atom. The predicted molar refractivity (Wildman–Crippen MR) is 142 cm³/mol. The summed E-state index contributed by atoms with van der Waals surface area (Å²) in [5.41, 5.74) is 4.46. The Hall–Kier alpha value is -4.72. The molecule has 0 saturated heterocycles. The summed E-state index contributed by atoms with van der Waals surface area (Å²) >= 11 is 0. The van der Waals surface area contributed by atoms with E-state index in [9.17, 15) is 9.59 Å². The molecule has 0 bridgehead atoms. The second-order valence-electron chi connectivity index (χ2n) is 8.87. The molecule has 1 unspecified atom stereocenters. The highest BCUT2D eigenvalue weighted by Crippen LogP contribution is 2.34. The molecule has 37 heavy (non-hydrogen) atoms. The maximum atomic E-state index is 13.7. The zero-order chi connectivity index (χ0) is 25.8. The molecule has 0 saturated carbocycles. The molecule has 0 fully saturated rings. The summed E-state index contributed by atoms with van der Waals surface area (Å²) in [5.74, 6) is 0.439.